The molecule has 2 fully saturated rings. The number of amides is 1. The van der Waals surface area contributed by atoms with Crippen LogP contribution in [-0.2, 0) is 26.1 Å². The normalized spacial score (nSPS) is 17.7. The van der Waals surface area contributed by atoms with Gasteiger partial charge in [-0.05, 0) is 12.1 Å². The Morgan fingerprint density at radius 3 is 2.46 bits per heavy atom. The Morgan fingerprint density at radius 2 is 1.80 bits per heavy atom. The SMILES string of the molecule is CS(=O)(=O)N1CCN(C(=O)Cn2ncc3c(-c4ccc(N)nc4)nc(N4CCOCC4)nc32)CC1. The summed E-state index contributed by atoms with van der Waals surface area (Å²) in [6.07, 6.45) is 4.49. The van der Waals surface area contributed by atoms with E-state index in [0.717, 1.165) is 5.56 Å². The van der Waals surface area contributed by atoms with E-state index in [1.807, 2.05) is 11.0 Å². The van der Waals surface area contributed by atoms with Gasteiger partial charge in [-0.25, -0.2) is 23.1 Å². The number of ether oxygens (including phenoxy) is 1. The highest BCUT2D eigenvalue weighted by atomic mass is 32.2. The van der Waals surface area contributed by atoms with Crippen LogP contribution in [0.3, 0.4) is 0 Å². The van der Waals surface area contributed by atoms with Crippen LogP contribution in [0.2, 0.25) is 0 Å². The van der Waals surface area contributed by atoms with E-state index in [-0.39, 0.29) is 25.5 Å². The molecule has 5 heterocycles. The van der Waals surface area contributed by atoms with Crippen LogP contribution in [-0.4, -0.2) is 107 Å². The van der Waals surface area contributed by atoms with Gasteiger partial charge in [-0.2, -0.15) is 14.4 Å². The van der Waals surface area contributed by atoms with E-state index >= 15 is 0 Å². The van der Waals surface area contributed by atoms with Crippen LogP contribution < -0.4 is 10.6 Å². The first kappa shape index (κ1) is 23.4. The number of hydrogen-bond acceptors (Lipinski definition) is 10. The number of morpholine rings is 1. The van der Waals surface area contributed by atoms with Crippen LogP contribution in [0.4, 0.5) is 11.8 Å². The summed E-state index contributed by atoms with van der Waals surface area (Å²) in [5.74, 6) is 0.790. The van der Waals surface area contributed by atoms with Crippen LogP contribution in [0, 0.1) is 0 Å². The molecule has 2 saturated heterocycles. The number of piperazine rings is 1. The number of nitrogens with zero attached hydrogens (tertiary/aromatic N) is 8. The average molecular weight is 502 g/mol. The molecule has 0 unspecified atom stereocenters. The third kappa shape index (κ3) is 4.90. The van der Waals surface area contributed by atoms with Crippen molar-refractivity contribution in [3.63, 3.8) is 0 Å². The van der Waals surface area contributed by atoms with E-state index in [1.165, 1.54) is 10.6 Å². The minimum absolute atomic E-state index is 0.0125. The molecule has 1 amide bonds. The summed E-state index contributed by atoms with van der Waals surface area (Å²) in [5.41, 5.74) is 7.73. The zero-order chi connectivity index (χ0) is 24.6. The second kappa shape index (κ2) is 9.36. The summed E-state index contributed by atoms with van der Waals surface area (Å²) in [6.45, 7) is 3.69. The minimum Gasteiger partial charge on any atom is -0.384 e. The van der Waals surface area contributed by atoms with Gasteiger partial charge in [0.2, 0.25) is 21.9 Å². The quantitative estimate of drug-likeness (QED) is 0.480. The maximum Gasteiger partial charge on any atom is 0.244 e. The summed E-state index contributed by atoms with van der Waals surface area (Å²) in [6, 6.07) is 3.55. The minimum atomic E-state index is -3.27. The van der Waals surface area contributed by atoms with Gasteiger partial charge >= 0.3 is 0 Å². The van der Waals surface area contributed by atoms with Crippen molar-refractivity contribution in [1.29, 1.82) is 0 Å². The summed E-state index contributed by atoms with van der Waals surface area (Å²) >= 11 is 0. The highest BCUT2D eigenvalue weighted by Crippen LogP contribution is 2.28. The highest BCUT2D eigenvalue weighted by molar-refractivity contribution is 7.88. The first-order valence-corrected chi connectivity index (χ1v) is 13.2. The first-order chi connectivity index (χ1) is 16.8. The molecule has 186 valence electrons. The maximum atomic E-state index is 13.0. The number of rotatable bonds is 5. The Hall–Kier alpha value is -3.36. The molecule has 0 aromatic carbocycles. The summed E-state index contributed by atoms with van der Waals surface area (Å²) in [5, 5.41) is 5.14. The molecule has 5 rings (SSSR count). The lowest BCUT2D eigenvalue weighted by Crippen LogP contribution is -2.51. The number of carbonyl (C=O) groups is 1. The van der Waals surface area contributed by atoms with E-state index in [4.69, 9.17) is 20.4 Å². The van der Waals surface area contributed by atoms with Crippen LogP contribution >= 0.6 is 0 Å². The lowest BCUT2D eigenvalue weighted by atomic mass is 10.1. The fourth-order valence-electron chi connectivity index (χ4n) is 4.23. The van der Waals surface area contributed by atoms with Crippen molar-refractivity contribution in [1.82, 2.24) is 33.9 Å². The monoisotopic (exact) mass is 501 g/mol. The van der Waals surface area contributed by atoms with Crippen LogP contribution in [0.1, 0.15) is 0 Å². The standard InChI is InChI=1S/C21H27N9O4S/c1-35(32,33)29-6-4-27(5-7-29)18(31)14-30-20-16(13-24-30)19(15-2-3-17(22)23-12-15)25-21(26-20)28-8-10-34-11-9-28/h2-3,12-13H,4-11,14H2,1H3,(H2,22,23). The van der Waals surface area contributed by atoms with Gasteiger partial charge < -0.3 is 20.3 Å². The van der Waals surface area contributed by atoms with E-state index in [0.29, 0.717) is 67.9 Å². The average Bonchev–Trinajstić information content (AvgIpc) is 3.26. The molecular formula is C21H27N9O4S. The number of sulfonamides is 1. The molecule has 2 aliphatic rings. The number of nitrogens with two attached hydrogens (primary N) is 1. The van der Waals surface area contributed by atoms with Crippen molar-refractivity contribution < 1.29 is 17.9 Å². The van der Waals surface area contributed by atoms with Crippen molar-refractivity contribution >= 4 is 38.7 Å². The molecule has 0 bridgehead atoms. The number of pyridine rings is 1. The predicted molar refractivity (Wildman–Crippen MR) is 129 cm³/mol. The molecule has 14 heteroatoms. The van der Waals surface area contributed by atoms with E-state index < -0.39 is 10.0 Å². The Labute approximate surface area is 202 Å². The molecule has 0 spiro atoms. The predicted octanol–water partition coefficient (Wildman–Crippen LogP) is -0.589. The highest BCUT2D eigenvalue weighted by Gasteiger charge is 2.27. The van der Waals surface area contributed by atoms with Crippen LogP contribution in [0.5, 0.6) is 0 Å². The van der Waals surface area contributed by atoms with Gasteiger partial charge in [-0.1, -0.05) is 0 Å². The molecule has 0 radical (unpaired) electrons. The number of fused-ring (bicyclic) bond motifs is 1. The van der Waals surface area contributed by atoms with Crippen LogP contribution in [0.15, 0.2) is 24.5 Å². The number of hydrogen-bond donors (Lipinski definition) is 1. The maximum absolute atomic E-state index is 13.0. The van der Waals surface area contributed by atoms with E-state index in [9.17, 15) is 13.2 Å². The zero-order valence-corrected chi connectivity index (χ0v) is 20.2. The fraction of sp³-hybridized carbons (Fsp3) is 0.476. The topological polar surface area (TPSA) is 153 Å². The second-order valence-electron chi connectivity index (χ2n) is 8.53. The molecule has 35 heavy (non-hydrogen) atoms. The van der Waals surface area contributed by atoms with Gasteiger partial charge in [-0.15, -0.1) is 0 Å². The molecular weight excluding hydrogens is 474 g/mol. The molecule has 2 aliphatic heterocycles. The fourth-order valence-corrected chi connectivity index (χ4v) is 5.05. The van der Waals surface area contributed by atoms with Gasteiger partial charge in [0, 0.05) is 51.0 Å². The lowest BCUT2D eigenvalue weighted by molar-refractivity contribution is -0.133. The summed E-state index contributed by atoms with van der Waals surface area (Å²) in [7, 11) is -3.27. The molecule has 2 N–H and O–H groups in total. The van der Waals surface area contributed by atoms with Crippen molar-refractivity contribution in [2.75, 3.05) is 69.4 Å². The number of aromatic nitrogens is 5. The lowest BCUT2D eigenvalue weighted by Gasteiger charge is -2.33. The zero-order valence-electron chi connectivity index (χ0n) is 19.4. The van der Waals surface area contributed by atoms with E-state index in [2.05, 4.69) is 10.1 Å². The van der Waals surface area contributed by atoms with Gasteiger partial charge in [0.15, 0.2) is 5.65 Å². The third-order valence-corrected chi connectivity index (χ3v) is 7.49. The molecule has 3 aromatic rings. The Balaban J connectivity index is 1.45. The number of nitrogen functional groups attached to an aromatic ring is 1. The molecule has 0 aliphatic carbocycles. The molecule has 13 nitrogen and oxygen atoms in total. The summed E-state index contributed by atoms with van der Waals surface area (Å²) in [4.78, 5) is 30.5. The second-order valence-corrected chi connectivity index (χ2v) is 10.5. The first-order valence-electron chi connectivity index (χ1n) is 11.3. The Morgan fingerprint density at radius 1 is 1.06 bits per heavy atom. The number of carbonyl (C=O) groups excluding carboxylic acids is 1. The van der Waals surface area contributed by atoms with Crippen molar-refractivity contribution in [3.05, 3.63) is 24.5 Å². The van der Waals surface area contributed by atoms with Crippen molar-refractivity contribution in [2.24, 2.45) is 0 Å². The molecule has 0 atom stereocenters. The van der Waals surface area contributed by atoms with Gasteiger partial charge in [0.1, 0.15) is 12.4 Å². The molecule has 3 aromatic heterocycles. The van der Waals surface area contributed by atoms with Gasteiger partial charge in [-0.3, -0.25) is 4.79 Å². The van der Waals surface area contributed by atoms with Crippen molar-refractivity contribution in [2.45, 2.75) is 6.54 Å². The van der Waals surface area contributed by atoms with Crippen LogP contribution in [0.25, 0.3) is 22.3 Å². The van der Waals surface area contributed by atoms with Crippen molar-refractivity contribution in [3.8, 4) is 11.3 Å². The largest absolute Gasteiger partial charge is 0.384 e. The van der Waals surface area contributed by atoms with Gasteiger partial charge in [0.25, 0.3) is 0 Å². The number of anilines is 2. The Kier molecular flexibility index (Phi) is 6.25. The molecule has 0 saturated carbocycles. The van der Waals surface area contributed by atoms with Gasteiger partial charge in [0.05, 0.1) is 36.7 Å². The van der Waals surface area contributed by atoms with E-state index in [1.54, 1.807) is 28.0 Å². The smallest absolute Gasteiger partial charge is 0.244 e. The summed E-state index contributed by atoms with van der Waals surface area (Å²) < 4.78 is 32.0. The Bertz CT molecular complexity index is 1330. The third-order valence-electron chi connectivity index (χ3n) is 6.18.